The van der Waals surface area contributed by atoms with E-state index < -0.39 is 0 Å². The van der Waals surface area contributed by atoms with Crippen molar-refractivity contribution in [1.29, 1.82) is 0 Å². The summed E-state index contributed by atoms with van der Waals surface area (Å²) in [6.07, 6.45) is 4.76. The topological polar surface area (TPSA) is 21.3 Å². The number of ether oxygens (including phenoxy) is 1. The van der Waals surface area contributed by atoms with Crippen LogP contribution in [-0.2, 0) is 12.8 Å². The van der Waals surface area contributed by atoms with Gasteiger partial charge in [0.1, 0.15) is 11.4 Å². The predicted octanol–water partition coefficient (Wildman–Crippen LogP) is 2.69. The fourth-order valence-corrected chi connectivity index (χ4v) is 3.04. The van der Waals surface area contributed by atoms with Gasteiger partial charge in [0.2, 0.25) is 0 Å². The van der Waals surface area contributed by atoms with Crippen LogP contribution in [0.5, 0.6) is 5.75 Å². The van der Waals surface area contributed by atoms with E-state index in [-0.39, 0.29) is 5.60 Å². The molecule has 0 bridgehead atoms. The second-order valence-electron chi connectivity index (χ2n) is 5.94. The van der Waals surface area contributed by atoms with Crippen molar-refractivity contribution in [3.05, 3.63) is 29.3 Å². The average molecular weight is 231 g/mol. The van der Waals surface area contributed by atoms with Crippen molar-refractivity contribution in [1.82, 2.24) is 5.32 Å². The van der Waals surface area contributed by atoms with Gasteiger partial charge < -0.3 is 10.1 Å². The molecule has 1 saturated heterocycles. The van der Waals surface area contributed by atoms with E-state index in [4.69, 9.17) is 4.74 Å². The van der Waals surface area contributed by atoms with Gasteiger partial charge in [0.15, 0.2) is 0 Å². The number of para-hydroxylation sites is 1. The van der Waals surface area contributed by atoms with Crippen molar-refractivity contribution in [3.63, 3.8) is 0 Å². The van der Waals surface area contributed by atoms with Gasteiger partial charge in [-0.2, -0.15) is 0 Å². The number of nitrogens with one attached hydrogen (secondary N) is 1. The fourth-order valence-electron chi connectivity index (χ4n) is 3.04. The zero-order chi connectivity index (χ0) is 11.9. The van der Waals surface area contributed by atoms with E-state index in [1.807, 2.05) is 0 Å². The van der Waals surface area contributed by atoms with Crippen molar-refractivity contribution < 1.29 is 4.74 Å². The molecule has 2 heterocycles. The molecule has 17 heavy (non-hydrogen) atoms. The molecular formula is C15H21NO. The SMILES string of the molecule is CC1(C)Cc2cccc(CC3CCCN3)c2O1. The normalized spacial score (nSPS) is 25.6. The molecule has 0 aromatic heterocycles. The fraction of sp³-hybridized carbons (Fsp3) is 0.600. The molecule has 0 radical (unpaired) electrons. The first-order valence-corrected chi connectivity index (χ1v) is 6.67. The van der Waals surface area contributed by atoms with E-state index in [0.29, 0.717) is 6.04 Å². The quantitative estimate of drug-likeness (QED) is 0.845. The Labute approximate surface area is 103 Å². The highest BCUT2D eigenvalue weighted by Crippen LogP contribution is 2.38. The molecule has 1 aromatic rings. The Balaban J connectivity index is 1.84. The summed E-state index contributed by atoms with van der Waals surface area (Å²) >= 11 is 0. The van der Waals surface area contributed by atoms with Gasteiger partial charge in [0, 0.05) is 12.5 Å². The van der Waals surface area contributed by atoms with Crippen molar-refractivity contribution in [2.75, 3.05) is 6.54 Å². The third kappa shape index (κ3) is 2.19. The van der Waals surface area contributed by atoms with Crippen LogP contribution in [0.3, 0.4) is 0 Å². The lowest BCUT2D eigenvalue weighted by Crippen LogP contribution is -2.26. The maximum absolute atomic E-state index is 6.11. The molecule has 2 heteroatoms. The number of hydrogen-bond donors (Lipinski definition) is 1. The molecular weight excluding hydrogens is 210 g/mol. The second kappa shape index (κ2) is 4.02. The monoisotopic (exact) mass is 231 g/mol. The van der Waals surface area contributed by atoms with Crippen LogP contribution in [0.15, 0.2) is 18.2 Å². The molecule has 3 rings (SSSR count). The zero-order valence-electron chi connectivity index (χ0n) is 10.8. The van der Waals surface area contributed by atoms with Gasteiger partial charge in [-0.25, -0.2) is 0 Å². The summed E-state index contributed by atoms with van der Waals surface area (Å²) in [5.41, 5.74) is 2.74. The molecule has 0 saturated carbocycles. The van der Waals surface area contributed by atoms with E-state index in [9.17, 15) is 0 Å². The number of hydrogen-bond acceptors (Lipinski definition) is 2. The van der Waals surface area contributed by atoms with Crippen molar-refractivity contribution >= 4 is 0 Å². The predicted molar refractivity (Wildman–Crippen MR) is 69.6 cm³/mol. The summed E-state index contributed by atoms with van der Waals surface area (Å²) in [5.74, 6) is 1.16. The Morgan fingerprint density at radius 2 is 2.29 bits per heavy atom. The molecule has 92 valence electrons. The van der Waals surface area contributed by atoms with Crippen LogP contribution in [0.4, 0.5) is 0 Å². The summed E-state index contributed by atoms with van der Waals surface area (Å²) in [5, 5.41) is 3.56. The second-order valence-corrected chi connectivity index (χ2v) is 5.94. The minimum Gasteiger partial charge on any atom is -0.487 e. The standard InChI is InChI=1S/C15H21NO/c1-15(2)10-12-6-3-5-11(14(12)17-15)9-13-7-4-8-16-13/h3,5-6,13,16H,4,7-10H2,1-2H3. The van der Waals surface area contributed by atoms with Crippen LogP contribution >= 0.6 is 0 Å². The van der Waals surface area contributed by atoms with Gasteiger partial charge in [-0.05, 0) is 50.8 Å². The van der Waals surface area contributed by atoms with Gasteiger partial charge >= 0.3 is 0 Å². The lowest BCUT2D eigenvalue weighted by Gasteiger charge is -2.19. The van der Waals surface area contributed by atoms with Gasteiger partial charge in [0.25, 0.3) is 0 Å². The van der Waals surface area contributed by atoms with Gasteiger partial charge in [-0.15, -0.1) is 0 Å². The molecule has 1 fully saturated rings. The summed E-state index contributed by atoms with van der Waals surface area (Å²) in [4.78, 5) is 0. The third-order valence-corrected chi connectivity index (χ3v) is 3.80. The first kappa shape index (κ1) is 11.1. The molecule has 0 spiro atoms. The first-order valence-electron chi connectivity index (χ1n) is 6.67. The molecule has 2 aliphatic heterocycles. The molecule has 1 N–H and O–H groups in total. The zero-order valence-corrected chi connectivity index (χ0v) is 10.8. The summed E-state index contributed by atoms with van der Waals surface area (Å²) in [7, 11) is 0. The highest BCUT2D eigenvalue weighted by molar-refractivity contribution is 5.46. The Bertz CT molecular complexity index is 419. The Morgan fingerprint density at radius 3 is 3.06 bits per heavy atom. The lowest BCUT2D eigenvalue weighted by atomic mass is 9.98. The Morgan fingerprint density at radius 1 is 1.41 bits per heavy atom. The average Bonchev–Trinajstić information content (AvgIpc) is 2.84. The van der Waals surface area contributed by atoms with Crippen LogP contribution in [-0.4, -0.2) is 18.2 Å². The molecule has 2 aliphatic rings. The minimum atomic E-state index is -0.0262. The third-order valence-electron chi connectivity index (χ3n) is 3.80. The highest BCUT2D eigenvalue weighted by atomic mass is 16.5. The van der Waals surface area contributed by atoms with Gasteiger partial charge in [0.05, 0.1) is 0 Å². The molecule has 1 aromatic carbocycles. The Kier molecular flexibility index (Phi) is 2.62. The van der Waals surface area contributed by atoms with Gasteiger partial charge in [-0.3, -0.25) is 0 Å². The summed E-state index contributed by atoms with van der Waals surface area (Å²) in [6.45, 7) is 5.52. The number of benzene rings is 1. The number of rotatable bonds is 2. The van der Waals surface area contributed by atoms with E-state index in [1.165, 1.54) is 30.5 Å². The van der Waals surface area contributed by atoms with Crippen molar-refractivity contribution in [3.8, 4) is 5.75 Å². The number of fused-ring (bicyclic) bond motifs is 1. The maximum Gasteiger partial charge on any atom is 0.126 e. The van der Waals surface area contributed by atoms with Gasteiger partial charge in [-0.1, -0.05) is 18.2 Å². The Hall–Kier alpha value is -1.02. The molecule has 2 nitrogen and oxygen atoms in total. The van der Waals surface area contributed by atoms with E-state index in [2.05, 4.69) is 37.4 Å². The largest absolute Gasteiger partial charge is 0.487 e. The van der Waals surface area contributed by atoms with E-state index >= 15 is 0 Å². The summed E-state index contributed by atoms with van der Waals surface area (Å²) < 4.78 is 6.11. The molecule has 1 atom stereocenters. The highest BCUT2D eigenvalue weighted by Gasteiger charge is 2.32. The molecule has 0 amide bonds. The van der Waals surface area contributed by atoms with Crippen LogP contribution in [0.1, 0.15) is 37.8 Å². The van der Waals surface area contributed by atoms with Crippen LogP contribution < -0.4 is 10.1 Å². The van der Waals surface area contributed by atoms with Crippen molar-refractivity contribution in [2.45, 2.75) is 51.2 Å². The minimum absolute atomic E-state index is 0.0262. The van der Waals surface area contributed by atoms with Crippen LogP contribution in [0.2, 0.25) is 0 Å². The van der Waals surface area contributed by atoms with Crippen molar-refractivity contribution in [2.24, 2.45) is 0 Å². The molecule has 1 unspecified atom stereocenters. The van der Waals surface area contributed by atoms with Crippen LogP contribution in [0.25, 0.3) is 0 Å². The van der Waals surface area contributed by atoms with E-state index in [1.54, 1.807) is 0 Å². The smallest absolute Gasteiger partial charge is 0.126 e. The van der Waals surface area contributed by atoms with E-state index in [0.717, 1.165) is 18.6 Å². The lowest BCUT2D eigenvalue weighted by molar-refractivity contribution is 0.137. The maximum atomic E-state index is 6.11. The molecule has 0 aliphatic carbocycles. The summed E-state index contributed by atoms with van der Waals surface area (Å²) in [6, 6.07) is 7.25. The first-order chi connectivity index (χ1) is 8.14. The van der Waals surface area contributed by atoms with Crippen LogP contribution in [0, 0.1) is 0 Å².